The number of para-hydroxylation sites is 2. The minimum absolute atomic E-state index is 0.0683. The van der Waals surface area contributed by atoms with Crippen LogP contribution in [0.15, 0.2) is 36.4 Å². The van der Waals surface area contributed by atoms with Gasteiger partial charge in [0.15, 0.2) is 11.5 Å². The zero-order chi connectivity index (χ0) is 16.8. The van der Waals surface area contributed by atoms with Gasteiger partial charge in [0.05, 0.1) is 13.7 Å². The van der Waals surface area contributed by atoms with Crippen molar-refractivity contribution in [3.63, 3.8) is 0 Å². The van der Waals surface area contributed by atoms with Crippen molar-refractivity contribution in [2.45, 2.75) is 40.1 Å². The fourth-order valence-electron chi connectivity index (χ4n) is 2.40. The second-order valence-corrected chi connectivity index (χ2v) is 5.40. The highest BCUT2D eigenvalue weighted by Gasteiger charge is 2.17. The predicted octanol–water partition coefficient (Wildman–Crippen LogP) is 4.00. The summed E-state index contributed by atoms with van der Waals surface area (Å²) in [6.07, 6.45) is 0.202. The van der Waals surface area contributed by atoms with Crippen LogP contribution in [0.1, 0.15) is 30.0 Å². The van der Waals surface area contributed by atoms with Crippen LogP contribution in [0.2, 0.25) is 0 Å². The molecule has 1 unspecified atom stereocenters. The molecule has 2 aromatic rings. The quantitative estimate of drug-likeness (QED) is 0.784. The fraction of sp³-hybridized carbons (Fsp3) is 0.368. The first-order chi connectivity index (χ1) is 11.1. The predicted molar refractivity (Wildman–Crippen MR) is 90.2 cm³/mol. The average molecular weight is 316 g/mol. The molecule has 1 N–H and O–H groups in total. The van der Waals surface area contributed by atoms with Gasteiger partial charge in [-0.05, 0) is 31.0 Å². The van der Waals surface area contributed by atoms with E-state index in [0.29, 0.717) is 23.7 Å². The topological polar surface area (TPSA) is 47.9 Å². The van der Waals surface area contributed by atoms with E-state index < -0.39 is 6.29 Å². The van der Waals surface area contributed by atoms with Crippen LogP contribution in [0.5, 0.6) is 17.2 Å². The standard InChI is InChI=1S/C19H24O4/c1-5-17(22-18-13(2)8-6-10-15(18)12-20)23-19-14(3)9-7-11-16(19)21-4/h6-11,17,20H,5,12H2,1-4H3. The molecule has 0 aromatic heterocycles. The van der Waals surface area contributed by atoms with Gasteiger partial charge in [0.1, 0.15) is 5.75 Å². The van der Waals surface area contributed by atoms with Crippen LogP contribution in [0, 0.1) is 13.8 Å². The van der Waals surface area contributed by atoms with Crippen LogP contribution >= 0.6 is 0 Å². The molecule has 0 spiro atoms. The van der Waals surface area contributed by atoms with Gasteiger partial charge in [-0.2, -0.15) is 0 Å². The van der Waals surface area contributed by atoms with Crippen LogP contribution in [-0.4, -0.2) is 18.5 Å². The molecule has 0 aliphatic rings. The van der Waals surface area contributed by atoms with Crippen LogP contribution < -0.4 is 14.2 Å². The molecule has 0 radical (unpaired) electrons. The number of rotatable bonds is 7. The van der Waals surface area contributed by atoms with Gasteiger partial charge in [-0.1, -0.05) is 37.3 Å². The molecule has 0 bridgehead atoms. The molecule has 0 fully saturated rings. The molecule has 0 saturated heterocycles. The molecule has 1 atom stereocenters. The maximum Gasteiger partial charge on any atom is 0.241 e. The number of aliphatic hydroxyl groups excluding tert-OH is 1. The van der Waals surface area contributed by atoms with Crippen molar-refractivity contribution in [1.29, 1.82) is 0 Å². The van der Waals surface area contributed by atoms with Gasteiger partial charge in [-0.3, -0.25) is 0 Å². The molecule has 0 aliphatic carbocycles. The first kappa shape index (κ1) is 17.2. The Labute approximate surface area is 137 Å². The number of hydrogen-bond acceptors (Lipinski definition) is 4. The lowest BCUT2D eigenvalue weighted by molar-refractivity contribution is -0.000906. The Bertz CT molecular complexity index is 596. The third-order valence-electron chi connectivity index (χ3n) is 3.69. The Balaban J connectivity index is 2.26. The lowest BCUT2D eigenvalue weighted by Gasteiger charge is -2.23. The van der Waals surface area contributed by atoms with Gasteiger partial charge in [0.25, 0.3) is 0 Å². The summed E-state index contributed by atoms with van der Waals surface area (Å²) in [5.41, 5.74) is 2.71. The van der Waals surface area contributed by atoms with E-state index in [4.69, 9.17) is 14.2 Å². The van der Waals surface area contributed by atoms with Crippen molar-refractivity contribution in [3.05, 3.63) is 53.1 Å². The monoisotopic (exact) mass is 316 g/mol. The van der Waals surface area contributed by atoms with Gasteiger partial charge < -0.3 is 19.3 Å². The van der Waals surface area contributed by atoms with Crippen molar-refractivity contribution in [1.82, 2.24) is 0 Å². The summed E-state index contributed by atoms with van der Waals surface area (Å²) in [6.45, 7) is 5.85. The van der Waals surface area contributed by atoms with E-state index in [1.54, 1.807) is 7.11 Å². The largest absolute Gasteiger partial charge is 0.493 e. The molecule has 23 heavy (non-hydrogen) atoms. The van der Waals surface area contributed by atoms with E-state index in [9.17, 15) is 5.11 Å². The maximum absolute atomic E-state index is 9.50. The summed E-state index contributed by atoms with van der Waals surface area (Å²) < 4.78 is 17.5. The van der Waals surface area contributed by atoms with E-state index in [1.807, 2.05) is 57.2 Å². The third kappa shape index (κ3) is 3.96. The molecule has 4 heteroatoms. The van der Waals surface area contributed by atoms with E-state index >= 15 is 0 Å². The minimum atomic E-state index is -0.462. The van der Waals surface area contributed by atoms with Gasteiger partial charge >= 0.3 is 0 Å². The molecule has 2 rings (SSSR count). The van der Waals surface area contributed by atoms with Gasteiger partial charge in [0.2, 0.25) is 6.29 Å². The second-order valence-electron chi connectivity index (χ2n) is 5.40. The number of aryl methyl sites for hydroxylation is 2. The summed E-state index contributed by atoms with van der Waals surface area (Å²) in [6, 6.07) is 11.5. The molecule has 124 valence electrons. The third-order valence-corrected chi connectivity index (χ3v) is 3.69. The summed E-state index contributed by atoms with van der Waals surface area (Å²) in [7, 11) is 1.62. The van der Waals surface area contributed by atoms with Crippen LogP contribution in [0.25, 0.3) is 0 Å². The van der Waals surface area contributed by atoms with E-state index in [0.717, 1.165) is 16.7 Å². The molecule has 0 aliphatic heterocycles. The number of methoxy groups -OCH3 is 1. The van der Waals surface area contributed by atoms with Crippen LogP contribution in [0.4, 0.5) is 0 Å². The first-order valence-electron chi connectivity index (χ1n) is 7.77. The van der Waals surface area contributed by atoms with Crippen molar-refractivity contribution >= 4 is 0 Å². The SMILES string of the molecule is CCC(Oc1c(C)cccc1CO)Oc1c(C)cccc1OC. The Hall–Kier alpha value is -2.20. The zero-order valence-corrected chi connectivity index (χ0v) is 14.1. The lowest BCUT2D eigenvalue weighted by Crippen LogP contribution is -2.24. The van der Waals surface area contributed by atoms with Crippen molar-refractivity contribution in [2.24, 2.45) is 0 Å². The molecule has 0 amide bonds. The Morgan fingerprint density at radius 2 is 1.57 bits per heavy atom. The van der Waals surface area contributed by atoms with E-state index in [2.05, 4.69) is 0 Å². The Morgan fingerprint density at radius 3 is 2.17 bits per heavy atom. The molecule has 4 nitrogen and oxygen atoms in total. The first-order valence-corrected chi connectivity index (χ1v) is 7.77. The number of aliphatic hydroxyl groups is 1. The van der Waals surface area contributed by atoms with E-state index in [-0.39, 0.29) is 6.61 Å². The molecule has 0 saturated carbocycles. The Morgan fingerprint density at radius 1 is 0.957 bits per heavy atom. The molecular formula is C19H24O4. The number of hydrogen-bond donors (Lipinski definition) is 1. The van der Waals surface area contributed by atoms with E-state index in [1.165, 1.54) is 0 Å². The second kappa shape index (κ2) is 7.88. The Kier molecular flexibility index (Phi) is 5.88. The van der Waals surface area contributed by atoms with Crippen LogP contribution in [0.3, 0.4) is 0 Å². The molecule has 0 heterocycles. The highest BCUT2D eigenvalue weighted by Crippen LogP contribution is 2.33. The van der Waals surface area contributed by atoms with Crippen LogP contribution in [-0.2, 0) is 6.61 Å². The number of ether oxygens (including phenoxy) is 3. The van der Waals surface area contributed by atoms with Gasteiger partial charge in [-0.15, -0.1) is 0 Å². The van der Waals surface area contributed by atoms with Gasteiger partial charge in [0, 0.05) is 12.0 Å². The van der Waals surface area contributed by atoms with Gasteiger partial charge in [-0.25, -0.2) is 0 Å². The maximum atomic E-state index is 9.50. The molecular weight excluding hydrogens is 292 g/mol. The lowest BCUT2D eigenvalue weighted by atomic mass is 10.1. The van der Waals surface area contributed by atoms with Crippen molar-refractivity contribution < 1.29 is 19.3 Å². The van der Waals surface area contributed by atoms with Crippen molar-refractivity contribution in [2.75, 3.05) is 7.11 Å². The fourth-order valence-corrected chi connectivity index (χ4v) is 2.40. The summed E-state index contributed by atoms with van der Waals surface area (Å²) in [5.74, 6) is 2.04. The summed E-state index contributed by atoms with van der Waals surface area (Å²) in [5, 5.41) is 9.50. The highest BCUT2D eigenvalue weighted by molar-refractivity contribution is 5.46. The smallest absolute Gasteiger partial charge is 0.241 e. The zero-order valence-electron chi connectivity index (χ0n) is 14.1. The average Bonchev–Trinajstić information content (AvgIpc) is 2.57. The summed E-state index contributed by atoms with van der Waals surface area (Å²) in [4.78, 5) is 0. The molecule has 2 aromatic carbocycles. The minimum Gasteiger partial charge on any atom is -0.493 e. The highest BCUT2D eigenvalue weighted by atomic mass is 16.7. The summed E-state index contributed by atoms with van der Waals surface area (Å²) >= 11 is 0. The number of benzene rings is 2. The normalized spacial score (nSPS) is 11.9. The van der Waals surface area contributed by atoms with Crippen molar-refractivity contribution in [3.8, 4) is 17.2 Å².